The number of carbonyl (C=O) groups excluding carboxylic acids is 1. The van der Waals surface area contributed by atoms with E-state index in [9.17, 15) is 4.79 Å². The summed E-state index contributed by atoms with van der Waals surface area (Å²) in [5.41, 5.74) is 4.13. The SMILES string of the molecule is C.O=C(Nc1cnc[nH]1)C1=CC=CC1.c1ccc2c(-c3cnc[nH]3)c[nH]c2c1. The van der Waals surface area contributed by atoms with Gasteiger partial charge in [0.15, 0.2) is 0 Å². The lowest BCUT2D eigenvalue weighted by atomic mass is 10.1. The number of hydrogen-bond donors (Lipinski definition) is 4. The first-order valence-electron chi connectivity index (χ1n) is 8.51. The van der Waals surface area contributed by atoms with E-state index >= 15 is 0 Å². The van der Waals surface area contributed by atoms with Crippen LogP contribution in [-0.4, -0.2) is 30.8 Å². The average molecular weight is 374 g/mol. The third kappa shape index (κ3) is 4.09. The zero-order valence-electron chi connectivity index (χ0n) is 14.4. The van der Waals surface area contributed by atoms with Gasteiger partial charge in [-0.15, -0.1) is 0 Å². The molecule has 7 nitrogen and oxygen atoms in total. The molecule has 0 unspecified atom stereocenters. The Balaban J connectivity index is 0.000000156. The second kappa shape index (κ2) is 8.68. The van der Waals surface area contributed by atoms with Crippen molar-refractivity contribution in [2.75, 3.05) is 5.32 Å². The number of hydrogen-bond acceptors (Lipinski definition) is 3. The highest BCUT2D eigenvalue weighted by Crippen LogP contribution is 2.26. The molecule has 0 saturated heterocycles. The van der Waals surface area contributed by atoms with Crippen LogP contribution in [0.1, 0.15) is 13.8 Å². The lowest BCUT2D eigenvalue weighted by molar-refractivity contribution is -0.112. The van der Waals surface area contributed by atoms with Gasteiger partial charge in [0.2, 0.25) is 0 Å². The van der Waals surface area contributed by atoms with Gasteiger partial charge >= 0.3 is 0 Å². The molecular formula is C21H22N6O. The largest absolute Gasteiger partial charge is 0.360 e. The molecule has 0 radical (unpaired) electrons. The van der Waals surface area contributed by atoms with Crippen molar-refractivity contribution in [1.82, 2.24) is 24.9 Å². The first kappa shape index (κ1) is 18.9. The number of nitrogens with zero attached hydrogens (tertiary/aromatic N) is 2. The molecule has 4 N–H and O–H groups in total. The van der Waals surface area contributed by atoms with Gasteiger partial charge in [-0.3, -0.25) is 4.79 Å². The summed E-state index contributed by atoms with van der Waals surface area (Å²) >= 11 is 0. The summed E-state index contributed by atoms with van der Waals surface area (Å²) in [6.07, 6.45) is 15.0. The summed E-state index contributed by atoms with van der Waals surface area (Å²) in [5, 5.41) is 3.92. The average Bonchev–Trinajstić information content (AvgIpc) is 3.49. The molecule has 0 fully saturated rings. The molecule has 28 heavy (non-hydrogen) atoms. The van der Waals surface area contributed by atoms with E-state index < -0.39 is 0 Å². The Bertz CT molecular complexity index is 1090. The molecule has 0 aliphatic heterocycles. The van der Waals surface area contributed by atoms with Crippen molar-refractivity contribution in [3.63, 3.8) is 0 Å². The normalized spacial score (nSPS) is 12.1. The van der Waals surface area contributed by atoms with E-state index in [1.807, 2.05) is 42.8 Å². The van der Waals surface area contributed by atoms with Gasteiger partial charge in [-0.1, -0.05) is 43.9 Å². The lowest BCUT2D eigenvalue weighted by Crippen LogP contribution is -2.13. The molecule has 1 amide bonds. The number of rotatable bonds is 3. The van der Waals surface area contributed by atoms with Crippen molar-refractivity contribution in [2.24, 2.45) is 0 Å². The number of aromatic nitrogens is 5. The second-order valence-electron chi connectivity index (χ2n) is 5.96. The molecular weight excluding hydrogens is 352 g/mol. The summed E-state index contributed by atoms with van der Waals surface area (Å²) in [6.45, 7) is 0. The quantitative estimate of drug-likeness (QED) is 0.426. The van der Waals surface area contributed by atoms with Gasteiger partial charge in [-0.2, -0.15) is 0 Å². The van der Waals surface area contributed by atoms with Crippen LogP contribution in [0.2, 0.25) is 0 Å². The molecule has 7 heteroatoms. The predicted octanol–water partition coefficient (Wildman–Crippen LogP) is 4.43. The number of amides is 1. The number of benzene rings is 1. The molecule has 142 valence electrons. The number of H-pyrrole nitrogens is 3. The highest BCUT2D eigenvalue weighted by atomic mass is 16.1. The van der Waals surface area contributed by atoms with Crippen molar-refractivity contribution in [1.29, 1.82) is 0 Å². The first-order valence-corrected chi connectivity index (χ1v) is 8.51. The second-order valence-corrected chi connectivity index (χ2v) is 5.96. The minimum absolute atomic E-state index is 0. The van der Waals surface area contributed by atoms with Gasteiger partial charge in [0.1, 0.15) is 5.82 Å². The maximum Gasteiger partial charge on any atom is 0.253 e. The Morgan fingerprint density at radius 3 is 2.57 bits per heavy atom. The summed E-state index contributed by atoms with van der Waals surface area (Å²) in [4.78, 5) is 28.4. The van der Waals surface area contributed by atoms with Crippen molar-refractivity contribution in [3.8, 4) is 11.3 Å². The van der Waals surface area contributed by atoms with E-state index in [1.54, 1.807) is 12.5 Å². The van der Waals surface area contributed by atoms with E-state index in [0.29, 0.717) is 12.2 Å². The van der Waals surface area contributed by atoms with Gasteiger partial charge in [0.05, 0.1) is 30.7 Å². The lowest BCUT2D eigenvalue weighted by Gasteiger charge is -2.01. The Hall–Kier alpha value is -3.87. The number of fused-ring (bicyclic) bond motifs is 1. The molecule has 3 heterocycles. The Labute approximate surface area is 162 Å². The van der Waals surface area contributed by atoms with E-state index in [-0.39, 0.29) is 13.3 Å². The van der Waals surface area contributed by atoms with Crippen LogP contribution in [0.25, 0.3) is 22.2 Å². The maximum absolute atomic E-state index is 11.4. The predicted molar refractivity (Wildman–Crippen MR) is 112 cm³/mol. The Kier molecular flexibility index (Phi) is 5.86. The third-order valence-corrected chi connectivity index (χ3v) is 4.19. The topological polar surface area (TPSA) is 102 Å². The highest BCUT2D eigenvalue weighted by molar-refractivity contribution is 6.04. The summed E-state index contributed by atoms with van der Waals surface area (Å²) in [5.74, 6) is 0.548. The number of imidazole rings is 2. The number of carbonyl (C=O) groups is 1. The monoisotopic (exact) mass is 374 g/mol. The molecule has 1 aliphatic rings. The fourth-order valence-electron chi connectivity index (χ4n) is 2.84. The van der Waals surface area contributed by atoms with Gasteiger partial charge < -0.3 is 20.3 Å². The van der Waals surface area contributed by atoms with Gasteiger partial charge in [0, 0.05) is 28.2 Å². The molecule has 3 aromatic heterocycles. The molecule has 0 atom stereocenters. The zero-order chi connectivity index (χ0) is 18.5. The van der Waals surface area contributed by atoms with Gasteiger partial charge in [-0.25, -0.2) is 9.97 Å². The fraction of sp³-hybridized carbons (Fsp3) is 0.0952. The minimum Gasteiger partial charge on any atom is -0.360 e. The van der Waals surface area contributed by atoms with E-state index in [4.69, 9.17) is 0 Å². The Morgan fingerprint density at radius 1 is 1.04 bits per heavy atom. The summed E-state index contributed by atoms with van der Waals surface area (Å²) in [6, 6.07) is 8.23. The Morgan fingerprint density at radius 2 is 1.86 bits per heavy atom. The van der Waals surface area contributed by atoms with Crippen molar-refractivity contribution >= 4 is 22.6 Å². The highest BCUT2D eigenvalue weighted by Gasteiger charge is 2.10. The van der Waals surface area contributed by atoms with Gasteiger partial charge in [0.25, 0.3) is 5.91 Å². The molecule has 5 rings (SSSR count). The first-order chi connectivity index (χ1) is 13.3. The van der Waals surface area contributed by atoms with E-state index in [0.717, 1.165) is 22.3 Å². The molecule has 4 aromatic rings. The smallest absolute Gasteiger partial charge is 0.253 e. The van der Waals surface area contributed by atoms with Crippen LogP contribution in [-0.2, 0) is 4.79 Å². The molecule has 0 spiro atoms. The van der Waals surface area contributed by atoms with Crippen LogP contribution in [0.3, 0.4) is 0 Å². The number of anilines is 1. The molecule has 0 saturated carbocycles. The van der Waals surface area contributed by atoms with Crippen LogP contribution in [0.15, 0.2) is 79.3 Å². The summed E-state index contributed by atoms with van der Waals surface area (Å²) in [7, 11) is 0. The molecule has 0 bridgehead atoms. The molecule has 1 aromatic carbocycles. The standard InChI is InChI=1S/C11H9N3.C9H9N3O.CH4/c1-2-4-10-8(3-1)9(5-13-10)11-6-12-7-14-11;13-9(7-3-1-2-4-7)12-8-5-10-6-11-8;/h1-7,13H,(H,12,14);1-3,5-6H,4H2,(H,10,11)(H,12,13);1H4. The summed E-state index contributed by atoms with van der Waals surface area (Å²) < 4.78 is 0. The van der Waals surface area contributed by atoms with Crippen molar-refractivity contribution in [3.05, 3.63) is 79.3 Å². The third-order valence-electron chi connectivity index (χ3n) is 4.19. The zero-order valence-corrected chi connectivity index (χ0v) is 14.4. The van der Waals surface area contributed by atoms with E-state index in [2.05, 4.69) is 42.4 Å². The minimum atomic E-state index is -0.0748. The van der Waals surface area contributed by atoms with Crippen LogP contribution in [0.4, 0.5) is 5.82 Å². The maximum atomic E-state index is 11.4. The molecule has 1 aliphatic carbocycles. The van der Waals surface area contributed by atoms with E-state index in [1.165, 1.54) is 11.7 Å². The van der Waals surface area contributed by atoms with Crippen LogP contribution in [0, 0.1) is 0 Å². The van der Waals surface area contributed by atoms with Crippen LogP contribution >= 0.6 is 0 Å². The van der Waals surface area contributed by atoms with Gasteiger partial charge in [-0.05, 0) is 12.5 Å². The van der Waals surface area contributed by atoms with Crippen molar-refractivity contribution < 1.29 is 4.79 Å². The van der Waals surface area contributed by atoms with Crippen molar-refractivity contribution in [2.45, 2.75) is 13.8 Å². The van der Waals surface area contributed by atoms with Crippen LogP contribution in [0.5, 0.6) is 0 Å². The number of nitrogens with one attached hydrogen (secondary N) is 4. The number of para-hydroxylation sites is 1. The number of allylic oxidation sites excluding steroid dienone is 3. The fourth-order valence-corrected chi connectivity index (χ4v) is 2.84. The number of aromatic amines is 3. The van der Waals surface area contributed by atoms with Crippen LogP contribution < -0.4 is 5.32 Å².